The quantitative estimate of drug-likeness (QED) is 0.883. The molecule has 0 fully saturated rings. The van der Waals surface area contributed by atoms with Gasteiger partial charge in [0.25, 0.3) is 0 Å². The van der Waals surface area contributed by atoms with Gasteiger partial charge in [0, 0.05) is 23.9 Å². The van der Waals surface area contributed by atoms with Crippen molar-refractivity contribution in [2.45, 2.75) is 6.54 Å². The van der Waals surface area contributed by atoms with Crippen molar-refractivity contribution in [3.8, 4) is 11.1 Å². The Kier molecular flexibility index (Phi) is 3.44. The highest BCUT2D eigenvalue weighted by Crippen LogP contribution is 2.25. The van der Waals surface area contributed by atoms with Crippen LogP contribution in [0.15, 0.2) is 36.7 Å². The van der Waals surface area contributed by atoms with Crippen molar-refractivity contribution in [1.29, 1.82) is 0 Å². The minimum Gasteiger partial charge on any atom is -0.316 e. The molecule has 1 aromatic heterocycles. The zero-order chi connectivity index (χ0) is 12.3. The Balaban J connectivity index is 2.44. The van der Waals surface area contributed by atoms with E-state index in [0.717, 1.165) is 11.8 Å². The van der Waals surface area contributed by atoms with Gasteiger partial charge in [-0.25, -0.2) is 8.78 Å². The van der Waals surface area contributed by atoms with E-state index in [9.17, 15) is 8.78 Å². The second-order valence-electron chi connectivity index (χ2n) is 3.70. The molecule has 0 aliphatic heterocycles. The normalized spacial score (nSPS) is 10.5. The fourth-order valence-corrected chi connectivity index (χ4v) is 1.68. The van der Waals surface area contributed by atoms with Crippen LogP contribution in [-0.2, 0) is 6.54 Å². The van der Waals surface area contributed by atoms with Crippen LogP contribution in [-0.4, -0.2) is 12.0 Å². The van der Waals surface area contributed by atoms with E-state index in [1.165, 1.54) is 18.3 Å². The molecule has 17 heavy (non-hydrogen) atoms. The summed E-state index contributed by atoms with van der Waals surface area (Å²) < 4.78 is 27.3. The maximum Gasteiger partial charge on any atom is 0.149 e. The lowest BCUT2D eigenvalue weighted by Crippen LogP contribution is -2.05. The number of benzene rings is 1. The van der Waals surface area contributed by atoms with Gasteiger partial charge in [-0.05, 0) is 24.7 Å². The maximum absolute atomic E-state index is 13.8. The average Bonchev–Trinajstić information content (AvgIpc) is 2.31. The fourth-order valence-electron chi connectivity index (χ4n) is 1.68. The highest BCUT2D eigenvalue weighted by atomic mass is 19.1. The summed E-state index contributed by atoms with van der Waals surface area (Å²) in [6.07, 6.45) is 2.52. The molecule has 0 amide bonds. The van der Waals surface area contributed by atoms with Gasteiger partial charge in [-0.3, -0.25) is 4.98 Å². The van der Waals surface area contributed by atoms with Crippen molar-refractivity contribution in [3.05, 3.63) is 53.9 Å². The Bertz CT molecular complexity index is 527. The van der Waals surface area contributed by atoms with E-state index < -0.39 is 11.6 Å². The topological polar surface area (TPSA) is 24.9 Å². The summed E-state index contributed by atoms with van der Waals surface area (Å²) in [5, 5.41) is 2.93. The largest absolute Gasteiger partial charge is 0.316 e. The third kappa shape index (κ3) is 2.47. The first-order chi connectivity index (χ1) is 8.22. The van der Waals surface area contributed by atoms with Crippen LogP contribution >= 0.6 is 0 Å². The summed E-state index contributed by atoms with van der Waals surface area (Å²) in [7, 11) is 1.79. The molecular formula is C13H12F2N2. The van der Waals surface area contributed by atoms with Crippen LogP contribution in [0.2, 0.25) is 0 Å². The number of pyridine rings is 1. The summed E-state index contributed by atoms with van der Waals surface area (Å²) in [4.78, 5) is 3.64. The Morgan fingerprint density at radius 1 is 1.12 bits per heavy atom. The number of nitrogens with one attached hydrogen (secondary N) is 1. The van der Waals surface area contributed by atoms with E-state index in [4.69, 9.17) is 0 Å². The van der Waals surface area contributed by atoms with Crippen LogP contribution in [0.4, 0.5) is 8.78 Å². The Morgan fingerprint density at radius 2 is 1.88 bits per heavy atom. The zero-order valence-corrected chi connectivity index (χ0v) is 9.37. The summed E-state index contributed by atoms with van der Waals surface area (Å²) >= 11 is 0. The lowest BCUT2D eigenvalue weighted by molar-refractivity contribution is 0.611. The van der Waals surface area contributed by atoms with Gasteiger partial charge in [0.2, 0.25) is 0 Å². The molecule has 0 saturated carbocycles. The first-order valence-electron chi connectivity index (χ1n) is 5.25. The number of aromatic nitrogens is 1. The monoisotopic (exact) mass is 234 g/mol. The van der Waals surface area contributed by atoms with Crippen molar-refractivity contribution in [2.75, 3.05) is 7.05 Å². The van der Waals surface area contributed by atoms with Crippen molar-refractivity contribution < 1.29 is 8.78 Å². The molecule has 0 bridgehead atoms. The molecule has 0 atom stereocenters. The van der Waals surface area contributed by atoms with Crippen LogP contribution in [0, 0.1) is 11.6 Å². The van der Waals surface area contributed by atoms with E-state index in [2.05, 4.69) is 10.3 Å². The molecule has 88 valence electrons. The molecule has 0 aliphatic rings. The summed E-state index contributed by atoms with van der Waals surface area (Å²) in [6.45, 7) is 0.579. The van der Waals surface area contributed by atoms with Gasteiger partial charge in [0.05, 0.1) is 6.20 Å². The first-order valence-corrected chi connectivity index (χ1v) is 5.25. The van der Waals surface area contributed by atoms with E-state index in [1.54, 1.807) is 19.2 Å². The van der Waals surface area contributed by atoms with Gasteiger partial charge in [0.15, 0.2) is 0 Å². The van der Waals surface area contributed by atoms with Gasteiger partial charge < -0.3 is 5.32 Å². The Labute approximate surface area is 98.3 Å². The number of hydrogen-bond acceptors (Lipinski definition) is 2. The highest BCUT2D eigenvalue weighted by Gasteiger charge is 2.10. The maximum atomic E-state index is 13.8. The molecule has 2 aromatic rings. The molecule has 2 rings (SSSR count). The van der Waals surface area contributed by atoms with Crippen LogP contribution < -0.4 is 5.32 Å². The van der Waals surface area contributed by atoms with Gasteiger partial charge >= 0.3 is 0 Å². The van der Waals surface area contributed by atoms with E-state index in [0.29, 0.717) is 6.54 Å². The van der Waals surface area contributed by atoms with E-state index in [1.807, 2.05) is 0 Å². The standard InChI is InChI=1S/C13H12F2N2/c1-16-7-9-2-3-10(12(14)6-9)11-4-5-17-8-13(11)15/h2-6,8,16H,7H2,1H3. The molecule has 0 unspecified atom stereocenters. The number of rotatable bonds is 3. The third-order valence-electron chi connectivity index (χ3n) is 2.48. The third-order valence-corrected chi connectivity index (χ3v) is 2.48. The summed E-state index contributed by atoms with van der Waals surface area (Å²) in [5.41, 5.74) is 1.31. The van der Waals surface area contributed by atoms with Crippen molar-refractivity contribution in [3.63, 3.8) is 0 Å². The number of nitrogens with zero attached hydrogens (tertiary/aromatic N) is 1. The predicted molar refractivity (Wildman–Crippen MR) is 62.4 cm³/mol. The molecule has 1 aromatic carbocycles. The first kappa shape index (κ1) is 11.7. The van der Waals surface area contributed by atoms with E-state index in [-0.39, 0.29) is 11.1 Å². The van der Waals surface area contributed by atoms with Gasteiger partial charge in [0.1, 0.15) is 11.6 Å². The molecule has 2 nitrogen and oxygen atoms in total. The van der Waals surface area contributed by atoms with E-state index >= 15 is 0 Å². The average molecular weight is 234 g/mol. The second-order valence-corrected chi connectivity index (χ2v) is 3.70. The fraction of sp³-hybridized carbons (Fsp3) is 0.154. The molecule has 0 spiro atoms. The summed E-state index contributed by atoms with van der Waals surface area (Å²) in [6, 6.07) is 6.23. The molecule has 1 heterocycles. The van der Waals surface area contributed by atoms with Crippen LogP contribution in [0.25, 0.3) is 11.1 Å². The Hall–Kier alpha value is -1.81. The van der Waals surface area contributed by atoms with Crippen molar-refractivity contribution >= 4 is 0 Å². The highest BCUT2D eigenvalue weighted by molar-refractivity contribution is 5.64. The number of halogens is 2. The Morgan fingerprint density at radius 3 is 2.53 bits per heavy atom. The lowest BCUT2D eigenvalue weighted by Gasteiger charge is -2.06. The predicted octanol–water partition coefficient (Wildman–Crippen LogP) is 2.75. The minimum absolute atomic E-state index is 0.230. The zero-order valence-electron chi connectivity index (χ0n) is 9.37. The summed E-state index contributed by atoms with van der Waals surface area (Å²) in [5.74, 6) is -0.949. The number of hydrogen-bond donors (Lipinski definition) is 1. The van der Waals surface area contributed by atoms with Crippen LogP contribution in [0.5, 0.6) is 0 Å². The molecule has 0 saturated heterocycles. The van der Waals surface area contributed by atoms with Crippen LogP contribution in [0.1, 0.15) is 5.56 Å². The van der Waals surface area contributed by atoms with Crippen molar-refractivity contribution in [2.24, 2.45) is 0 Å². The minimum atomic E-state index is -0.521. The molecular weight excluding hydrogens is 222 g/mol. The van der Waals surface area contributed by atoms with Crippen molar-refractivity contribution in [1.82, 2.24) is 10.3 Å². The smallest absolute Gasteiger partial charge is 0.149 e. The molecule has 0 radical (unpaired) electrons. The SMILES string of the molecule is CNCc1ccc(-c2ccncc2F)c(F)c1. The molecule has 4 heteroatoms. The second kappa shape index (κ2) is 5.01. The van der Waals surface area contributed by atoms with Gasteiger partial charge in [-0.15, -0.1) is 0 Å². The van der Waals surface area contributed by atoms with Gasteiger partial charge in [-0.1, -0.05) is 12.1 Å². The van der Waals surface area contributed by atoms with Gasteiger partial charge in [-0.2, -0.15) is 0 Å². The molecule has 1 N–H and O–H groups in total. The lowest BCUT2D eigenvalue weighted by atomic mass is 10.0. The van der Waals surface area contributed by atoms with Crippen LogP contribution in [0.3, 0.4) is 0 Å². The molecule has 0 aliphatic carbocycles.